The Labute approximate surface area is 110 Å². The normalized spacial score (nSPS) is 54.2. The Morgan fingerprint density at radius 1 is 1.12 bits per heavy atom. The average Bonchev–Trinajstić information content (AvgIpc) is 2.72. The maximum absolute atomic E-state index is 6.33. The summed E-state index contributed by atoms with van der Waals surface area (Å²) < 4.78 is 11.8. The first kappa shape index (κ1) is 12.3. The zero-order valence-corrected chi connectivity index (χ0v) is 11.7. The van der Waals surface area contributed by atoms with E-state index in [2.05, 4.69) is 6.92 Å². The summed E-state index contributed by atoms with van der Waals surface area (Å²) in [5.41, 5.74) is 0. The summed E-state index contributed by atoms with van der Waals surface area (Å²) in [5.74, 6) is 2.27. The quantitative estimate of drug-likeness (QED) is 0.727. The molecule has 17 heavy (non-hydrogen) atoms. The van der Waals surface area contributed by atoms with E-state index >= 15 is 0 Å². The van der Waals surface area contributed by atoms with Crippen molar-refractivity contribution in [3.63, 3.8) is 0 Å². The highest BCUT2D eigenvalue weighted by atomic mass is 32.1. The second-order valence-corrected chi connectivity index (χ2v) is 6.78. The maximum Gasteiger partial charge on any atom is 0.0729 e. The van der Waals surface area contributed by atoms with Crippen LogP contribution in [0.15, 0.2) is 0 Å². The summed E-state index contributed by atoms with van der Waals surface area (Å²) in [6, 6.07) is 0. The minimum atomic E-state index is 0.410. The molecule has 0 aromatic rings. The Morgan fingerprint density at radius 3 is 2.65 bits per heavy atom. The third-order valence-electron chi connectivity index (χ3n) is 5.31. The highest BCUT2D eigenvalue weighted by Gasteiger charge is 2.51. The van der Waals surface area contributed by atoms with Crippen molar-refractivity contribution >= 4 is 12.6 Å². The van der Waals surface area contributed by atoms with Crippen LogP contribution in [0.5, 0.6) is 0 Å². The van der Waals surface area contributed by atoms with Gasteiger partial charge in [0.1, 0.15) is 0 Å². The molecule has 98 valence electrons. The summed E-state index contributed by atoms with van der Waals surface area (Å²) in [7, 11) is 1.83. The highest BCUT2D eigenvalue weighted by Crippen LogP contribution is 2.50. The van der Waals surface area contributed by atoms with Crippen molar-refractivity contribution in [2.75, 3.05) is 7.11 Å². The first-order valence-corrected chi connectivity index (χ1v) is 7.58. The fourth-order valence-electron chi connectivity index (χ4n) is 4.18. The molecule has 1 aliphatic heterocycles. The molecular weight excluding hydrogens is 232 g/mol. The van der Waals surface area contributed by atoms with Gasteiger partial charge < -0.3 is 9.47 Å². The summed E-state index contributed by atoms with van der Waals surface area (Å²) in [6.07, 6.45) is 7.57. The van der Waals surface area contributed by atoms with Crippen LogP contribution in [0, 0.1) is 17.8 Å². The van der Waals surface area contributed by atoms with Crippen molar-refractivity contribution in [1.29, 1.82) is 0 Å². The van der Waals surface area contributed by atoms with E-state index in [4.69, 9.17) is 22.1 Å². The third-order valence-corrected chi connectivity index (χ3v) is 6.11. The van der Waals surface area contributed by atoms with Crippen LogP contribution in [0.3, 0.4) is 0 Å². The minimum absolute atomic E-state index is 0.410. The van der Waals surface area contributed by atoms with Crippen LogP contribution in [0.25, 0.3) is 0 Å². The molecule has 3 heteroatoms. The van der Waals surface area contributed by atoms with Crippen molar-refractivity contribution in [3.05, 3.63) is 0 Å². The highest BCUT2D eigenvalue weighted by molar-refractivity contribution is 7.81. The van der Waals surface area contributed by atoms with Crippen molar-refractivity contribution in [2.45, 2.75) is 62.6 Å². The molecule has 0 bridgehead atoms. The van der Waals surface area contributed by atoms with Crippen LogP contribution in [-0.4, -0.2) is 30.7 Å². The molecule has 0 radical (unpaired) electrons. The van der Waals surface area contributed by atoms with Gasteiger partial charge in [-0.1, -0.05) is 6.92 Å². The molecule has 1 heterocycles. The van der Waals surface area contributed by atoms with Gasteiger partial charge in [-0.05, 0) is 43.4 Å². The number of rotatable bonds is 1. The topological polar surface area (TPSA) is 18.5 Å². The van der Waals surface area contributed by atoms with Crippen molar-refractivity contribution in [2.24, 2.45) is 17.8 Å². The van der Waals surface area contributed by atoms with Crippen LogP contribution in [-0.2, 0) is 9.47 Å². The van der Waals surface area contributed by atoms with Crippen molar-refractivity contribution in [3.8, 4) is 0 Å². The lowest BCUT2D eigenvalue weighted by Crippen LogP contribution is -2.38. The van der Waals surface area contributed by atoms with Gasteiger partial charge in [0.05, 0.1) is 18.3 Å². The van der Waals surface area contributed by atoms with Gasteiger partial charge >= 0.3 is 0 Å². The second-order valence-electron chi connectivity index (χ2n) is 6.18. The number of hydrogen-bond donors (Lipinski definition) is 1. The Bertz CT molecular complexity index is 283. The summed E-state index contributed by atoms with van der Waals surface area (Å²) in [5, 5.41) is 0.445. The molecule has 2 aliphatic carbocycles. The van der Waals surface area contributed by atoms with E-state index in [-0.39, 0.29) is 0 Å². The Balaban J connectivity index is 1.73. The smallest absolute Gasteiger partial charge is 0.0729 e. The zero-order valence-electron chi connectivity index (χ0n) is 10.8. The molecule has 7 atom stereocenters. The zero-order chi connectivity index (χ0) is 12.0. The van der Waals surface area contributed by atoms with E-state index in [1.165, 1.54) is 25.7 Å². The van der Waals surface area contributed by atoms with E-state index < -0.39 is 0 Å². The third kappa shape index (κ3) is 2.04. The molecule has 0 aromatic carbocycles. The molecule has 1 saturated heterocycles. The van der Waals surface area contributed by atoms with Gasteiger partial charge in [-0.15, -0.1) is 0 Å². The molecule has 2 nitrogen and oxygen atoms in total. The van der Waals surface area contributed by atoms with Crippen LogP contribution >= 0.6 is 12.6 Å². The lowest BCUT2D eigenvalue weighted by Gasteiger charge is -2.36. The van der Waals surface area contributed by atoms with E-state index in [1.54, 1.807) is 0 Å². The Hall–Kier alpha value is 0.270. The van der Waals surface area contributed by atoms with Crippen LogP contribution < -0.4 is 0 Å². The maximum atomic E-state index is 6.33. The molecule has 3 aliphatic rings. The van der Waals surface area contributed by atoms with Gasteiger partial charge in [-0.2, -0.15) is 12.6 Å². The van der Waals surface area contributed by atoms with Crippen molar-refractivity contribution in [1.82, 2.24) is 0 Å². The average molecular weight is 256 g/mol. The van der Waals surface area contributed by atoms with E-state index in [9.17, 15) is 0 Å². The van der Waals surface area contributed by atoms with Gasteiger partial charge in [-0.25, -0.2) is 0 Å². The number of methoxy groups -OCH3 is 1. The molecule has 3 rings (SSSR count). The number of hydrogen-bond acceptors (Lipinski definition) is 3. The van der Waals surface area contributed by atoms with Crippen molar-refractivity contribution < 1.29 is 9.47 Å². The molecule has 2 saturated carbocycles. The minimum Gasteiger partial charge on any atom is -0.381 e. The molecule has 7 unspecified atom stereocenters. The van der Waals surface area contributed by atoms with Crippen LogP contribution in [0.4, 0.5) is 0 Å². The number of fused-ring (bicyclic) bond motifs is 3. The predicted molar refractivity (Wildman–Crippen MR) is 71.5 cm³/mol. The summed E-state index contributed by atoms with van der Waals surface area (Å²) >= 11 is 4.80. The fraction of sp³-hybridized carbons (Fsp3) is 1.00. The standard InChI is InChI=1S/C14H24O2S/c1-8-3-5-11-10-6-4-9(15-2)7-12(10)16-13(11)14(8)17/h8-14,17H,3-7H2,1-2H3. The fourth-order valence-corrected chi connectivity index (χ4v) is 4.63. The number of ether oxygens (including phenoxy) is 2. The lowest BCUT2D eigenvalue weighted by molar-refractivity contribution is -0.0376. The predicted octanol–water partition coefficient (Wildman–Crippen LogP) is 2.91. The lowest BCUT2D eigenvalue weighted by atomic mass is 9.70. The molecular formula is C14H24O2S. The monoisotopic (exact) mass is 256 g/mol. The van der Waals surface area contributed by atoms with Gasteiger partial charge in [0, 0.05) is 18.8 Å². The van der Waals surface area contributed by atoms with Gasteiger partial charge in [-0.3, -0.25) is 0 Å². The Morgan fingerprint density at radius 2 is 1.88 bits per heavy atom. The largest absolute Gasteiger partial charge is 0.381 e. The molecule has 3 fully saturated rings. The van der Waals surface area contributed by atoms with Crippen LogP contribution in [0.2, 0.25) is 0 Å². The van der Waals surface area contributed by atoms with Gasteiger partial charge in [0.15, 0.2) is 0 Å². The SMILES string of the molecule is COC1CCC2C(C1)OC1C(S)C(C)CCC21. The van der Waals surface area contributed by atoms with Gasteiger partial charge in [0.2, 0.25) is 0 Å². The van der Waals surface area contributed by atoms with E-state index in [0.29, 0.717) is 29.5 Å². The first-order valence-electron chi connectivity index (χ1n) is 7.07. The molecule has 0 aromatic heterocycles. The Kier molecular flexibility index (Phi) is 3.44. The summed E-state index contributed by atoms with van der Waals surface area (Å²) in [4.78, 5) is 0. The number of thiol groups is 1. The molecule has 0 amide bonds. The first-order chi connectivity index (χ1) is 8.20. The van der Waals surface area contributed by atoms with E-state index in [1.807, 2.05) is 7.11 Å². The van der Waals surface area contributed by atoms with E-state index in [0.717, 1.165) is 18.3 Å². The van der Waals surface area contributed by atoms with Crippen LogP contribution in [0.1, 0.15) is 39.0 Å². The molecule has 0 spiro atoms. The summed E-state index contributed by atoms with van der Waals surface area (Å²) in [6.45, 7) is 2.32. The second kappa shape index (κ2) is 4.75. The van der Waals surface area contributed by atoms with Gasteiger partial charge in [0.25, 0.3) is 0 Å². The molecule has 0 N–H and O–H groups in total.